The maximum Gasteiger partial charge on any atom is 0.263 e. The Morgan fingerprint density at radius 3 is 2.86 bits per heavy atom. The third-order valence-corrected chi connectivity index (χ3v) is 4.70. The van der Waals surface area contributed by atoms with Crippen LogP contribution < -0.4 is 5.32 Å². The van der Waals surface area contributed by atoms with Crippen molar-refractivity contribution in [1.29, 1.82) is 0 Å². The van der Waals surface area contributed by atoms with Crippen LogP contribution in [0.1, 0.15) is 28.9 Å². The van der Waals surface area contributed by atoms with E-state index in [-0.39, 0.29) is 11.8 Å². The van der Waals surface area contributed by atoms with Crippen molar-refractivity contribution in [3.63, 3.8) is 0 Å². The van der Waals surface area contributed by atoms with E-state index in [1.54, 1.807) is 0 Å². The molecule has 3 rings (SSSR count). The summed E-state index contributed by atoms with van der Waals surface area (Å²) in [7, 11) is 0. The molecule has 0 bridgehead atoms. The first-order valence-corrected chi connectivity index (χ1v) is 8.40. The first-order chi connectivity index (χ1) is 10.8. The number of nitrogens with zero attached hydrogens (tertiary/aromatic N) is 2. The lowest BCUT2D eigenvalue weighted by molar-refractivity contribution is -0.127. The molecule has 0 atom stereocenters. The third kappa shape index (κ3) is 3.22. The molecule has 3 heterocycles. The molecule has 1 aliphatic heterocycles. The molecule has 0 aromatic carbocycles. The maximum atomic E-state index is 12.3. The summed E-state index contributed by atoms with van der Waals surface area (Å²) in [5.41, 5.74) is 0.905. The quantitative estimate of drug-likeness (QED) is 0.831. The molecule has 2 amide bonds. The second-order valence-corrected chi connectivity index (χ2v) is 6.24. The molecule has 2 aromatic rings. The number of rotatable bonds is 6. The number of thiophene rings is 1. The zero-order chi connectivity index (χ0) is 15.4. The molecule has 6 heteroatoms. The second kappa shape index (κ2) is 6.79. The van der Waals surface area contributed by atoms with Crippen LogP contribution in [0.2, 0.25) is 0 Å². The van der Waals surface area contributed by atoms with E-state index in [2.05, 4.69) is 5.32 Å². The highest BCUT2D eigenvalue weighted by atomic mass is 32.1. The highest BCUT2D eigenvalue weighted by Gasteiger charge is 2.19. The summed E-state index contributed by atoms with van der Waals surface area (Å²) in [4.78, 5) is 26.4. The molecule has 0 radical (unpaired) electrons. The van der Waals surface area contributed by atoms with Gasteiger partial charge in [0.1, 0.15) is 4.88 Å². The van der Waals surface area contributed by atoms with Gasteiger partial charge in [0.05, 0.1) is 5.69 Å². The number of carbonyl (C=O) groups is 2. The Labute approximate surface area is 133 Å². The SMILES string of the molecule is O=C(NCCCN1CCCC1=O)c1sccc1-n1cccc1. The van der Waals surface area contributed by atoms with Gasteiger partial charge in [-0.2, -0.15) is 0 Å². The predicted octanol–water partition coefficient (Wildman–Crippen LogP) is 2.28. The Kier molecular flexibility index (Phi) is 4.58. The van der Waals surface area contributed by atoms with E-state index >= 15 is 0 Å². The largest absolute Gasteiger partial charge is 0.351 e. The predicted molar refractivity (Wildman–Crippen MR) is 86.4 cm³/mol. The van der Waals surface area contributed by atoms with Gasteiger partial charge in [-0.1, -0.05) is 0 Å². The minimum atomic E-state index is -0.0496. The maximum absolute atomic E-state index is 12.3. The number of hydrogen-bond acceptors (Lipinski definition) is 3. The van der Waals surface area contributed by atoms with E-state index in [0.29, 0.717) is 17.8 Å². The zero-order valence-electron chi connectivity index (χ0n) is 12.3. The Balaban J connectivity index is 1.50. The normalized spacial score (nSPS) is 14.5. The van der Waals surface area contributed by atoms with Crippen molar-refractivity contribution in [3.8, 4) is 5.69 Å². The Bertz CT molecular complexity index is 648. The highest BCUT2D eigenvalue weighted by molar-refractivity contribution is 7.12. The van der Waals surface area contributed by atoms with Crippen LogP contribution >= 0.6 is 11.3 Å². The lowest BCUT2D eigenvalue weighted by Gasteiger charge is -2.15. The zero-order valence-corrected chi connectivity index (χ0v) is 13.1. The van der Waals surface area contributed by atoms with Crippen LogP contribution in [-0.2, 0) is 4.79 Å². The average Bonchev–Trinajstić information content (AvgIpc) is 3.24. The molecule has 1 N–H and O–H groups in total. The van der Waals surface area contributed by atoms with E-state index in [1.165, 1.54) is 11.3 Å². The fraction of sp³-hybridized carbons (Fsp3) is 0.375. The molecule has 0 saturated carbocycles. The lowest BCUT2D eigenvalue weighted by atomic mass is 10.3. The lowest BCUT2D eigenvalue weighted by Crippen LogP contribution is -2.30. The van der Waals surface area contributed by atoms with Gasteiger partial charge in [-0.3, -0.25) is 9.59 Å². The Hall–Kier alpha value is -2.08. The van der Waals surface area contributed by atoms with E-state index < -0.39 is 0 Å². The second-order valence-electron chi connectivity index (χ2n) is 5.32. The van der Waals surface area contributed by atoms with E-state index in [4.69, 9.17) is 0 Å². The van der Waals surface area contributed by atoms with Crippen molar-refractivity contribution in [2.45, 2.75) is 19.3 Å². The summed E-state index contributed by atoms with van der Waals surface area (Å²) in [6.07, 6.45) is 6.28. The monoisotopic (exact) mass is 317 g/mol. The first-order valence-electron chi connectivity index (χ1n) is 7.52. The van der Waals surface area contributed by atoms with E-state index in [0.717, 1.165) is 31.6 Å². The Morgan fingerprint density at radius 2 is 2.14 bits per heavy atom. The van der Waals surface area contributed by atoms with Gasteiger partial charge in [0.15, 0.2) is 0 Å². The smallest absolute Gasteiger partial charge is 0.263 e. The summed E-state index contributed by atoms with van der Waals surface area (Å²) < 4.78 is 1.94. The van der Waals surface area contributed by atoms with E-state index in [9.17, 15) is 9.59 Å². The van der Waals surface area contributed by atoms with Gasteiger partial charge in [-0.15, -0.1) is 11.3 Å². The van der Waals surface area contributed by atoms with Gasteiger partial charge in [-0.05, 0) is 36.4 Å². The first kappa shape index (κ1) is 14.8. The number of aromatic nitrogens is 1. The molecule has 1 fully saturated rings. The van der Waals surface area contributed by atoms with E-state index in [1.807, 2.05) is 45.4 Å². The van der Waals surface area contributed by atoms with Crippen LogP contribution in [0.5, 0.6) is 0 Å². The number of amides is 2. The summed E-state index contributed by atoms with van der Waals surface area (Å²) in [5.74, 6) is 0.186. The van der Waals surface area contributed by atoms with Crippen molar-refractivity contribution in [2.24, 2.45) is 0 Å². The molecule has 1 aliphatic rings. The van der Waals surface area contributed by atoms with Crippen LogP contribution in [0.15, 0.2) is 36.0 Å². The summed E-state index contributed by atoms with van der Waals surface area (Å²) >= 11 is 1.44. The molecular weight excluding hydrogens is 298 g/mol. The molecule has 22 heavy (non-hydrogen) atoms. The van der Waals surface area contributed by atoms with Crippen LogP contribution in [0, 0.1) is 0 Å². The van der Waals surface area contributed by atoms with Crippen LogP contribution in [-0.4, -0.2) is 40.9 Å². The molecule has 0 unspecified atom stereocenters. The molecular formula is C16H19N3O2S. The number of nitrogens with one attached hydrogen (secondary N) is 1. The number of carbonyl (C=O) groups excluding carboxylic acids is 2. The van der Waals surface area contributed by atoms with Gasteiger partial charge < -0.3 is 14.8 Å². The minimum absolute atomic E-state index is 0.0496. The summed E-state index contributed by atoms with van der Waals surface area (Å²) in [6.45, 7) is 2.18. The Morgan fingerprint density at radius 1 is 1.32 bits per heavy atom. The van der Waals surface area contributed by atoms with Crippen molar-refractivity contribution in [1.82, 2.24) is 14.8 Å². The van der Waals surface area contributed by atoms with Gasteiger partial charge in [-0.25, -0.2) is 0 Å². The van der Waals surface area contributed by atoms with Crippen molar-refractivity contribution < 1.29 is 9.59 Å². The minimum Gasteiger partial charge on any atom is -0.351 e. The summed E-state index contributed by atoms with van der Waals surface area (Å²) in [6, 6.07) is 5.82. The topological polar surface area (TPSA) is 54.3 Å². The molecule has 0 aliphatic carbocycles. The molecule has 1 saturated heterocycles. The van der Waals surface area contributed by atoms with Crippen LogP contribution in [0.3, 0.4) is 0 Å². The van der Waals surface area contributed by atoms with Crippen LogP contribution in [0.25, 0.3) is 5.69 Å². The van der Waals surface area contributed by atoms with Gasteiger partial charge in [0, 0.05) is 38.4 Å². The van der Waals surface area contributed by atoms with Crippen molar-refractivity contribution in [3.05, 3.63) is 40.8 Å². The average molecular weight is 317 g/mol. The third-order valence-electron chi connectivity index (χ3n) is 3.80. The fourth-order valence-electron chi connectivity index (χ4n) is 2.66. The van der Waals surface area contributed by atoms with Crippen molar-refractivity contribution >= 4 is 23.2 Å². The number of hydrogen-bond donors (Lipinski definition) is 1. The fourth-order valence-corrected chi connectivity index (χ4v) is 3.47. The molecule has 5 nitrogen and oxygen atoms in total. The summed E-state index contributed by atoms with van der Waals surface area (Å²) in [5, 5.41) is 4.87. The molecule has 2 aromatic heterocycles. The highest BCUT2D eigenvalue weighted by Crippen LogP contribution is 2.21. The molecule has 116 valence electrons. The van der Waals surface area contributed by atoms with Gasteiger partial charge in [0.2, 0.25) is 5.91 Å². The standard InChI is InChI=1S/C16H19N3O2S/c20-14-5-3-10-19(14)11-4-7-17-16(21)15-13(6-12-22-15)18-8-1-2-9-18/h1-2,6,8-9,12H,3-5,7,10-11H2,(H,17,21). The van der Waals surface area contributed by atoms with Gasteiger partial charge >= 0.3 is 0 Å². The van der Waals surface area contributed by atoms with Gasteiger partial charge in [0.25, 0.3) is 5.91 Å². The van der Waals surface area contributed by atoms with Crippen molar-refractivity contribution in [2.75, 3.05) is 19.6 Å². The van der Waals surface area contributed by atoms with Crippen LogP contribution in [0.4, 0.5) is 0 Å². The number of likely N-dealkylation sites (tertiary alicyclic amines) is 1. The molecule has 0 spiro atoms.